The summed E-state index contributed by atoms with van der Waals surface area (Å²) in [6.45, 7) is 2.29. The molecule has 0 fully saturated rings. The Morgan fingerprint density at radius 2 is 1.59 bits per heavy atom. The Morgan fingerprint density at radius 3 is 2.27 bits per heavy atom. The molecule has 1 aromatic heterocycles. The highest BCUT2D eigenvalue weighted by Gasteiger charge is 2.19. The van der Waals surface area contributed by atoms with Crippen LogP contribution < -0.4 is 0 Å². The van der Waals surface area contributed by atoms with Crippen molar-refractivity contribution in [1.82, 2.24) is 15.0 Å². The van der Waals surface area contributed by atoms with E-state index in [1.54, 1.807) is 0 Å². The minimum absolute atomic E-state index is 0.629. The summed E-state index contributed by atoms with van der Waals surface area (Å²) in [6, 6.07) is 0.629. The molecule has 2 heterocycles. The maximum absolute atomic E-state index is 4.27. The lowest BCUT2D eigenvalue weighted by molar-refractivity contribution is 0.329. The summed E-state index contributed by atoms with van der Waals surface area (Å²) >= 11 is 0. The second-order valence-corrected chi connectivity index (χ2v) is 7.04. The second-order valence-electron chi connectivity index (χ2n) is 7.04. The van der Waals surface area contributed by atoms with Crippen LogP contribution in [0, 0.1) is 0 Å². The van der Waals surface area contributed by atoms with Gasteiger partial charge in [-0.3, -0.25) is 0 Å². The van der Waals surface area contributed by atoms with Gasteiger partial charge < -0.3 is 0 Å². The molecular weight excluding hydrogens is 270 g/mol. The quantitative estimate of drug-likeness (QED) is 0.453. The molecule has 2 rings (SSSR count). The number of hydrogen-bond donors (Lipinski definition) is 0. The Balaban J connectivity index is 1.42. The molecule has 1 unspecified atom stereocenters. The molecule has 0 bridgehead atoms. The Kier molecular flexibility index (Phi) is 8.59. The number of nitrogens with zero attached hydrogens (tertiary/aromatic N) is 3. The van der Waals surface area contributed by atoms with Crippen molar-refractivity contribution in [2.75, 3.05) is 0 Å². The molecular formula is C19H35N3. The molecule has 0 spiro atoms. The van der Waals surface area contributed by atoms with E-state index in [2.05, 4.69) is 21.9 Å². The van der Waals surface area contributed by atoms with Gasteiger partial charge in [0.15, 0.2) is 0 Å². The van der Waals surface area contributed by atoms with Gasteiger partial charge in [0.25, 0.3) is 0 Å². The summed E-state index contributed by atoms with van der Waals surface area (Å²) < 4.78 is 2.19. The number of fused-ring (bicyclic) bond motifs is 1. The van der Waals surface area contributed by atoms with E-state index < -0.39 is 0 Å². The van der Waals surface area contributed by atoms with Crippen LogP contribution in [0.3, 0.4) is 0 Å². The first-order chi connectivity index (χ1) is 10.9. The maximum atomic E-state index is 4.27. The molecule has 1 atom stereocenters. The molecule has 0 saturated carbocycles. The van der Waals surface area contributed by atoms with Crippen LogP contribution in [-0.2, 0) is 6.42 Å². The van der Waals surface area contributed by atoms with Crippen LogP contribution in [-0.4, -0.2) is 15.0 Å². The summed E-state index contributed by atoms with van der Waals surface area (Å²) in [4.78, 5) is 0. The van der Waals surface area contributed by atoms with Gasteiger partial charge >= 0.3 is 0 Å². The summed E-state index contributed by atoms with van der Waals surface area (Å²) in [6.07, 6.45) is 22.7. The molecule has 126 valence electrons. The zero-order valence-corrected chi connectivity index (χ0v) is 14.6. The lowest BCUT2D eigenvalue weighted by atomic mass is 9.97. The van der Waals surface area contributed by atoms with Crippen molar-refractivity contribution in [3.63, 3.8) is 0 Å². The molecule has 0 N–H and O–H groups in total. The zero-order valence-electron chi connectivity index (χ0n) is 14.6. The van der Waals surface area contributed by atoms with Crippen LogP contribution in [0.15, 0.2) is 6.20 Å². The molecule has 3 nitrogen and oxygen atoms in total. The average molecular weight is 306 g/mol. The Morgan fingerprint density at radius 1 is 0.955 bits per heavy atom. The van der Waals surface area contributed by atoms with Crippen LogP contribution in [0.5, 0.6) is 0 Å². The highest BCUT2D eigenvalue weighted by Crippen LogP contribution is 2.27. The van der Waals surface area contributed by atoms with Gasteiger partial charge in [-0.25, -0.2) is 4.68 Å². The van der Waals surface area contributed by atoms with Crippen molar-refractivity contribution in [3.8, 4) is 0 Å². The van der Waals surface area contributed by atoms with Crippen molar-refractivity contribution in [2.45, 2.75) is 109 Å². The molecule has 0 saturated heterocycles. The normalized spacial score (nSPS) is 17.6. The number of hydrogen-bond acceptors (Lipinski definition) is 2. The number of aromatic nitrogens is 3. The lowest BCUT2D eigenvalue weighted by Crippen LogP contribution is -2.18. The van der Waals surface area contributed by atoms with E-state index in [1.807, 2.05) is 6.20 Å². The van der Waals surface area contributed by atoms with Crippen molar-refractivity contribution >= 4 is 0 Å². The predicted molar refractivity (Wildman–Crippen MR) is 93.1 cm³/mol. The third-order valence-corrected chi connectivity index (χ3v) is 5.11. The first-order valence-electron chi connectivity index (χ1n) is 9.81. The number of aryl methyl sites for hydroxylation is 1. The highest BCUT2D eigenvalue weighted by molar-refractivity contribution is 4.99. The van der Waals surface area contributed by atoms with E-state index in [0.29, 0.717) is 6.04 Å². The predicted octanol–water partition coefficient (Wildman–Crippen LogP) is 5.86. The number of rotatable bonds is 12. The minimum Gasteiger partial charge on any atom is -0.246 e. The molecule has 0 amide bonds. The fourth-order valence-corrected chi connectivity index (χ4v) is 3.70. The molecule has 0 aliphatic carbocycles. The van der Waals surface area contributed by atoms with Gasteiger partial charge in [0.2, 0.25) is 0 Å². The van der Waals surface area contributed by atoms with E-state index >= 15 is 0 Å². The Bertz CT molecular complexity index is 386. The fourth-order valence-electron chi connectivity index (χ4n) is 3.70. The van der Waals surface area contributed by atoms with Gasteiger partial charge in [-0.2, -0.15) is 0 Å². The van der Waals surface area contributed by atoms with Crippen LogP contribution in [0.25, 0.3) is 0 Å². The SMILES string of the molecule is CCCCCCCCCCCCCC1CCCc2cnnn21. The second kappa shape index (κ2) is 10.8. The van der Waals surface area contributed by atoms with Gasteiger partial charge in [-0.05, 0) is 25.7 Å². The zero-order chi connectivity index (χ0) is 15.5. The first kappa shape index (κ1) is 17.5. The van der Waals surface area contributed by atoms with E-state index in [-0.39, 0.29) is 0 Å². The van der Waals surface area contributed by atoms with Gasteiger partial charge in [-0.15, -0.1) is 5.10 Å². The van der Waals surface area contributed by atoms with Gasteiger partial charge in [0.1, 0.15) is 0 Å². The van der Waals surface area contributed by atoms with Gasteiger partial charge in [0, 0.05) is 0 Å². The number of unbranched alkanes of at least 4 members (excludes halogenated alkanes) is 10. The smallest absolute Gasteiger partial charge is 0.0725 e. The molecule has 3 heteroatoms. The summed E-state index contributed by atoms with van der Waals surface area (Å²) in [5, 5.41) is 8.35. The van der Waals surface area contributed by atoms with Crippen molar-refractivity contribution in [2.24, 2.45) is 0 Å². The molecule has 0 radical (unpaired) electrons. The van der Waals surface area contributed by atoms with E-state index in [4.69, 9.17) is 0 Å². The summed E-state index contributed by atoms with van der Waals surface area (Å²) in [5.41, 5.74) is 1.35. The monoisotopic (exact) mass is 305 g/mol. The first-order valence-corrected chi connectivity index (χ1v) is 9.81. The third-order valence-electron chi connectivity index (χ3n) is 5.11. The Hall–Kier alpha value is -0.860. The van der Waals surface area contributed by atoms with E-state index in [0.717, 1.165) is 0 Å². The Labute approximate surface area is 136 Å². The summed E-state index contributed by atoms with van der Waals surface area (Å²) in [7, 11) is 0. The molecule has 0 aromatic carbocycles. The fraction of sp³-hybridized carbons (Fsp3) is 0.895. The van der Waals surface area contributed by atoms with Gasteiger partial charge in [0.05, 0.1) is 17.9 Å². The highest BCUT2D eigenvalue weighted by atomic mass is 15.4. The lowest BCUT2D eigenvalue weighted by Gasteiger charge is -2.23. The van der Waals surface area contributed by atoms with E-state index in [9.17, 15) is 0 Å². The molecule has 1 aliphatic rings. The standard InChI is InChI=1S/C19H35N3/c1-2-3-4-5-6-7-8-9-10-11-12-14-18-15-13-16-19-17-20-21-22(18)19/h17-18H,2-16H2,1H3. The topological polar surface area (TPSA) is 30.7 Å². The van der Waals surface area contributed by atoms with Crippen molar-refractivity contribution in [1.29, 1.82) is 0 Å². The van der Waals surface area contributed by atoms with Crippen molar-refractivity contribution < 1.29 is 0 Å². The van der Waals surface area contributed by atoms with Crippen LogP contribution in [0.1, 0.15) is 109 Å². The van der Waals surface area contributed by atoms with Crippen molar-refractivity contribution in [3.05, 3.63) is 11.9 Å². The maximum Gasteiger partial charge on any atom is 0.0725 e. The van der Waals surface area contributed by atoms with Crippen LogP contribution >= 0.6 is 0 Å². The van der Waals surface area contributed by atoms with E-state index in [1.165, 1.54) is 102 Å². The minimum atomic E-state index is 0.629. The largest absolute Gasteiger partial charge is 0.246 e. The molecule has 1 aliphatic heterocycles. The molecule has 22 heavy (non-hydrogen) atoms. The average Bonchev–Trinajstić information content (AvgIpc) is 3.02. The van der Waals surface area contributed by atoms with Gasteiger partial charge in [-0.1, -0.05) is 82.8 Å². The summed E-state index contributed by atoms with van der Waals surface area (Å²) in [5.74, 6) is 0. The van der Waals surface area contributed by atoms with Crippen LogP contribution in [0.2, 0.25) is 0 Å². The molecule has 1 aromatic rings. The third kappa shape index (κ3) is 6.10. The van der Waals surface area contributed by atoms with Crippen LogP contribution in [0.4, 0.5) is 0 Å².